The lowest BCUT2D eigenvalue weighted by molar-refractivity contribution is 0.170. The van der Waals surface area contributed by atoms with Crippen LogP contribution in [0.1, 0.15) is 20.3 Å². The van der Waals surface area contributed by atoms with Crippen molar-refractivity contribution in [3.05, 3.63) is 0 Å². The van der Waals surface area contributed by atoms with E-state index >= 15 is 0 Å². The van der Waals surface area contributed by atoms with E-state index in [1.807, 2.05) is 13.8 Å². The number of methoxy groups -OCH3 is 1. The van der Waals surface area contributed by atoms with Crippen molar-refractivity contribution in [2.45, 2.75) is 25.8 Å². The summed E-state index contributed by atoms with van der Waals surface area (Å²) >= 11 is 0. The van der Waals surface area contributed by atoms with Gasteiger partial charge in [0.2, 0.25) is 0 Å². The molecular formula is C7H16N2O2. The Balaban J connectivity index is 3.35. The van der Waals surface area contributed by atoms with Gasteiger partial charge in [-0.1, -0.05) is 0 Å². The standard InChI is InChI=1S/C7H16N2O2/c1-7(2,8)4-5-9-6(10)11-3/h4-5,8H2,1-3H3,(H,9,10). The topological polar surface area (TPSA) is 64.3 Å². The molecule has 0 rings (SSSR count). The number of ether oxygens (including phenoxy) is 1. The van der Waals surface area contributed by atoms with Gasteiger partial charge in [-0.05, 0) is 20.3 Å². The molecule has 0 aliphatic carbocycles. The minimum atomic E-state index is -0.408. The van der Waals surface area contributed by atoms with Crippen LogP contribution in [-0.4, -0.2) is 25.3 Å². The van der Waals surface area contributed by atoms with Crippen molar-refractivity contribution < 1.29 is 9.53 Å². The number of carbonyl (C=O) groups excluding carboxylic acids is 1. The van der Waals surface area contributed by atoms with Crippen molar-refractivity contribution in [1.82, 2.24) is 5.32 Å². The second kappa shape index (κ2) is 4.18. The third-order valence-corrected chi connectivity index (χ3v) is 1.22. The first-order chi connectivity index (χ1) is 4.95. The molecule has 1 amide bonds. The van der Waals surface area contributed by atoms with Gasteiger partial charge in [0.15, 0.2) is 0 Å². The Morgan fingerprint density at radius 1 is 1.64 bits per heavy atom. The smallest absolute Gasteiger partial charge is 0.406 e. The number of hydrogen-bond donors (Lipinski definition) is 2. The molecule has 0 aromatic carbocycles. The highest BCUT2D eigenvalue weighted by Gasteiger charge is 2.10. The van der Waals surface area contributed by atoms with E-state index in [1.54, 1.807) is 0 Å². The van der Waals surface area contributed by atoms with E-state index in [1.165, 1.54) is 7.11 Å². The minimum Gasteiger partial charge on any atom is -0.453 e. The van der Waals surface area contributed by atoms with E-state index in [9.17, 15) is 4.79 Å². The molecule has 11 heavy (non-hydrogen) atoms. The minimum absolute atomic E-state index is 0.235. The summed E-state index contributed by atoms with van der Waals surface area (Å²) < 4.78 is 4.37. The Morgan fingerprint density at radius 3 is 2.55 bits per heavy atom. The van der Waals surface area contributed by atoms with Crippen LogP contribution in [0.5, 0.6) is 0 Å². The van der Waals surface area contributed by atoms with Gasteiger partial charge in [0.25, 0.3) is 0 Å². The van der Waals surface area contributed by atoms with Gasteiger partial charge < -0.3 is 15.8 Å². The predicted molar refractivity (Wildman–Crippen MR) is 43.3 cm³/mol. The fourth-order valence-corrected chi connectivity index (χ4v) is 0.559. The number of hydrogen-bond acceptors (Lipinski definition) is 3. The third-order valence-electron chi connectivity index (χ3n) is 1.22. The molecule has 0 atom stereocenters. The SMILES string of the molecule is COC(=O)NCCC(C)(C)N. The zero-order valence-electron chi connectivity index (χ0n) is 7.31. The van der Waals surface area contributed by atoms with Gasteiger partial charge in [-0.3, -0.25) is 0 Å². The van der Waals surface area contributed by atoms with E-state index in [0.29, 0.717) is 6.54 Å². The number of nitrogens with two attached hydrogens (primary N) is 1. The van der Waals surface area contributed by atoms with Crippen LogP contribution in [-0.2, 0) is 4.74 Å². The van der Waals surface area contributed by atoms with E-state index in [0.717, 1.165) is 6.42 Å². The first-order valence-electron chi connectivity index (χ1n) is 3.56. The van der Waals surface area contributed by atoms with Crippen LogP contribution < -0.4 is 11.1 Å². The van der Waals surface area contributed by atoms with Crippen molar-refractivity contribution in [2.75, 3.05) is 13.7 Å². The summed E-state index contributed by atoms with van der Waals surface area (Å²) in [6.45, 7) is 4.37. The molecule has 0 fully saturated rings. The zero-order chi connectivity index (χ0) is 8.91. The first-order valence-corrected chi connectivity index (χ1v) is 3.56. The number of alkyl carbamates (subject to hydrolysis) is 1. The van der Waals surface area contributed by atoms with E-state index in [-0.39, 0.29) is 5.54 Å². The fourth-order valence-electron chi connectivity index (χ4n) is 0.559. The second-order valence-corrected chi connectivity index (χ2v) is 3.16. The largest absolute Gasteiger partial charge is 0.453 e. The molecule has 0 radical (unpaired) electrons. The zero-order valence-corrected chi connectivity index (χ0v) is 7.31. The first kappa shape index (κ1) is 10.2. The third kappa shape index (κ3) is 7.12. The average molecular weight is 160 g/mol. The average Bonchev–Trinajstić information content (AvgIpc) is 1.85. The summed E-state index contributed by atoms with van der Waals surface area (Å²) in [6, 6.07) is 0. The lowest BCUT2D eigenvalue weighted by Gasteiger charge is -2.17. The molecule has 0 bridgehead atoms. The van der Waals surface area contributed by atoms with Gasteiger partial charge in [-0.25, -0.2) is 4.79 Å². The Morgan fingerprint density at radius 2 is 2.18 bits per heavy atom. The van der Waals surface area contributed by atoms with E-state index in [2.05, 4.69) is 10.1 Å². The Kier molecular flexibility index (Phi) is 3.89. The lowest BCUT2D eigenvalue weighted by atomic mass is 10.0. The summed E-state index contributed by atoms with van der Waals surface area (Å²) in [5.74, 6) is 0. The molecule has 0 aliphatic heterocycles. The number of nitrogens with one attached hydrogen (secondary N) is 1. The van der Waals surface area contributed by atoms with Crippen LogP contribution in [0.2, 0.25) is 0 Å². The molecular weight excluding hydrogens is 144 g/mol. The fraction of sp³-hybridized carbons (Fsp3) is 0.857. The highest BCUT2D eigenvalue weighted by Crippen LogP contribution is 2.00. The van der Waals surface area contributed by atoms with Crippen LogP contribution in [0.4, 0.5) is 4.79 Å². The van der Waals surface area contributed by atoms with Crippen molar-refractivity contribution >= 4 is 6.09 Å². The normalized spacial score (nSPS) is 10.9. The molecule has 4 nitrogen and oxygen atoms in total. The van der Waals surface area contributed by atoms with Crippen molar-refractivity contribution in [3.63, 3.8) is 0 Å². The van der Waals surface area contributed by atoms with Gasteiger partial charge >= 0.3 is 6.09 Å². The second-order valence-electron chi connectivity index (χ2n) is 3.16. The molecule has 0 saturated heterocycles. The summed E-state index contributed by atoms with van der Waals surface area (Å²) in [6.07, 6.45) is 0.330. The molecule has 0 aromatic heterocycles. The number of amides is 1. The van der Waals surface area contributed by atoms with Gasteiger partial charge in [-0.15, -0.1) is 0 Å². The maximum atomic E-state index is 10.5. The summed E-state index contributed by atoms with van der Waals surface area (Å²) in [4.78, 5) is 10.5. The van der Waals surface area contributed by atoms with Gasteiger partial charge in [0.05, 0.1) is 7.11 Å². The van der Waals surface area contributed by atoms with Crippen molar-refractivity contribution in [2.24, 2.45) is 5.73 Å². The van der Waals surface area contributed by atoms with Crippen LogP contribution >= 0.6 is 0 Å². The van der Waals surface area contributed by atoms with E-state index < -0.39 is 6.09 Å². The molecule has 66 valence electrons. The number of carbonyl (C=O) groups is 1. The molecule has 3 N–H and O–H groups in total. The maximum absolute atomic E-state index is 10.5. The van der Waals surface area contributed by atoms with Gasteiger partial charge in [0.1, 0.15) is 0 Å². The number of rotatable bonds is 3. The molecule has 0 saturated carbocycles. The predicted octanol–water partition coefficient (Wildman–Crippen LogP) is 0.470. The Hall–Kier alpha value is -0.770. The lowest BCUT2D eigenvalue weighted by Crippen LogP contribution is -2.37. The Labute approximate surface area is 67.1 Å². The molecule has 0 aliphatic rings. The highest BCUT2D eigenvalue weighted by molar-refractivity contribution is 5.66. The molecule has 0 unspecified atom stereocenters. The molecule has 0 heterocycles. The maximum Gasteiger partial charge on any atom is 0.406 e. The van der Waals surface area contributed by atoms with Crippen LogP contribution in [0, 0.1) is 0 Å². The quantitative estimate of drug-likeness (QED) is 0.630. The summed E-state index contributed by atoms with van der Waals surface area (Å²) in [5, 5.41) is 2.55. The van der Waals surface area contributed by atoms with E-state index in [4.69, 9.17) is 5.73 Å². The molecule has 4 heteroatoms. The van der Waals surface area contributed by atoms with Crippen molar-refractivity contribution in [3.8, 4) is 0 Å². The monoisotopic (exact) mass is 160 g/mol. The van der Waals surface area contributed by atoms with Crippen LogP contribution in [0.15, 0.2) is 0 Å². The Bertz CT molecular complexity index is 129. The van der Waals surface area contributed by atoms with Gasteiger partial charge in [0, 0.05) is 12.1 Å². The molecule has 0 spiro atoms. The summed E-state index contributed by atoms with van der Waals surface area (Å²) in [5.41, 5.74) is 5.44. The highest BCUT2D eigenvalue weighted by atomic mass is 16.5. The van der Waals surface area contributed by atoms with Crippen LogP contribution in [0.3, 0.4) is 0 Å². The summed E-state index contributed by atoms with van der Waals surface area (Å²) in [7, 11) is 1.34. The van der Waals surface area contributed by atoms with Crippen LogP contribution in [0.25, 0.3) is 0 Å². The van der Waals surface area contributed by atoms with Crippen molar-refractivity contribution in [1.29, 1.82) is 0 Å². The van der Waals surface area contributed by atoms with Gasteiger partial charge in [-0.2, -0.15) is 0 Å². The molecule has 0 aromatic rings.